The SMILES string of the molecule is CC(NS(=O)(=O)c1ccc(F)c(F)c1)c1cccc2ccccc12. The van der Waals surface area contributed by atoms with Crippen LogP contribution in [0.5, 0.6) is 0 Å². The third kappa shape index (κ3) is 3.16. The van der Waals surface area contributed by atoms with Crippen LogP contribution in [0.4, 0.5) is 8.78 Å². The molecule has 3 aromatic rings. The second-order valence-electron chi connectivity index (χ2n) is 5.49. The second-order valence-corrected chi connectivity index (χ2v) is 7.20. The lowest BCUT2D eigenvalue weighted by atomic mass is 10.0. The number of halogens is 2. The highest BCUT2D eigenvalue weighted by atomic mass is 32.2. The summed E-state index contributed by atoms with van der Waals surface area (Å²) in [4.78, 5) is -0.312. The van der Waals surface area contributed by atoms with Gasteiger partial charge in [-0.3, -0.25) is 0 Å². The summed E-state index contributed by atoms with van der Waals surface area (Å²) < 4.78 is 53.7. The van der Waals surface area contributed by atoms with Gasteiger partial charge in [0.15, 0.2) is 11.6 Å². The van der Waals surface area contributed by atoms with Crippen molar-refractivity contribution in [1.82, 2.24) is 4.72 Å². The molecule has 3 nitrogen and oxygen atoms in total. The zero-order valence-electron chi connectivity index (χ0n) is 12.8. The minimum Gasteiger partial charge on any atom is -0.207 e. The van der Waals surface area contributed by atoms with Crippen molar-refractivity contribution in [2.75, 3.05) is 0 Å². The maximum Gasteiger partial charge on any atom is 0.241 e. The Morgan fingerprint density at radius 2 is 1.62 bits per heavy atom. The average Bonchev–Trinajstić information content (AvgIpc) is 2.56. The Balaban J connectivity index is 1.95. The molecule has 0 bridgehead atoms. The van der Waals surface area contributed by atoms with Gasteiger partial charge in [-0.2, -0.15) is 0 Å². The highest BCUT2D eigenvalue weighted by Gasteiger charge is 2.21. The molecule has 24 heavy (non-hydrogen) atoms. The number of sulfonamides is 1. The molecule has 3 aromatic carbocycles. The highest BCUT2D eigenvalue weighted by Crippen LogP contribution is 2.25. The molecule has 1 unspecified atom stereocenters. The zero-order chi connectivity index (χ0) is 17.3. The van der Waals surface area contributed by atoms with Crippen molar-refractivity contribution in [3.05, 3.63) is 77.9 Å². The summed E-state index contributed by atoms with van der Waals surface area (Å²) >= 11 is 0. The van der Waals surface area contributed by atoms with E-state index in [0.29, 0.717) is 6.07 Å². The molecule has 0 fully saturated rings. The third-order valence-corrected chi connectivity index (χ3v) is 5.36. The largest absolute Gasteiger partial charge is 0.241 e. The van der Waals surface area contributed by atoms with Crippen LogP contribution in [0.1, 0.15) is 18.5 Å². The summed E-state index contributed by atoms with van der Waals surface area (Å²) in [5.41, 5.74) is 0.805. The molecule has 0 radical (unpaired) electrons. The Morgan fingerprint density at radius 1 is 0.917 bits per heavy atom. The van der Waals surface area contributed by atoms with E-state index in [1.165, 1.54) is 0 Å². The number of nitrogens with one attached hydrogen (secondary N) is 1. The molecule has 0 aromatic heterocycles. The van der Waals surface area contributed by atoms with Crippen molar-refractivity contribution < 1.29 is 17.2 Å². The fourth-order valence-corrected chi connectivity index (χ4v) is 3.87. The van der Waals surface area contributed by atoms with E-state index in [2.05, 4.69) is 4.72 Å². The molecule has 0 aliphatic rings. The van der Waals surface area contributed by atoms with Crippen LogP contribution in [0.3, 0.4) is 0 Å². The average molecular weight is 347 g/mol. The van der Waals surface area contributed by atoms with Gasteiger partial charge in [-0.05, 0) is 41.5 Å². The summed E-state index contributed by atoms with van der Waals surface area (Å²) in [5.74, 6) is -2.29. The van der Waals surface area contributed by atoms with E-state index >= 15 is 0 Å². The van der Waals surface area contributed by atoms with Crippen LogP contribution in [0.25, 0.3) is 10.8 Å². The standard InChI is InChI=1S/C18H15F2NO2S/c1-12(15-8-4-6-13-5-2-3-7-16(13)15)21-24(22,23)14-9-10-17(19)18(20)11-14/h2-12,21H,1H3. The van der Waals surface area contributed by atoms with Crippen molar-refractivity contribution in [1.29, 1.82) is 0 Å². The first-order chi connectivity index (χ1) is 11.4. The smallest absolute Gasteiger partial charge is 0.207 e. The normalized spacial score (nSPS) is 13.1. The summed E-state index contributed by atoms with van der Waals surface area (Å²) in [6.07, 6.45) is 0. The number of hydrogen-bond acceptors (Lipinski definition) is 2. The lowest BCUT2D eigenvalue weighted by Crippen LogP contribution is -2.27. The first-order valence-electron chi connectivity index (χ1n) is 7.33. The minimum absolute atomic E-state index is 0.312. The van der Waals surface area contributed by atoms with Crippen molar-refractivity contribution in [2.24, 2.45) is 0 Å². The van der Waals surface area contributed by atoms with Crippen LogP contribution < -0.4 is 4.72 Å². The van der Waals surface area contributed by atoms with Crippen LogP contribution in [0, 0.1) is 11.6 Å². The van der Waals surface area contributed by atoms with E-state index in [-0.39, 0.29) is 4.90 Å². The summed E-state index contributed by atoms with van der Waals surface area (Å²) in [5, 5.41) is 1.93. The summed E-state index contributed by atoms with van der Waals surface area (Å²) in [7, 11) is -3.97. The Bertz CT molecular complexity index is 998. The molecule has 0 saturated carbocycles. The molecule has 1 atom stereocenters. The fraction of sp³-hybridized carbons (Fsp3) is 0.111. The Kier molecular flexibility index (Phi) is 4.34. The van der Waals surface area contributed by atoms with Crippen molar-refractivity contribution in [3.63, 3.8) is 0 Å². The van der Waals surface area contributed by atoms with Gasteiger partial charge in [0.2, 0.25) is 10.0 Å². The molecule has 0 aliphatic carbocycles. The first kappa shape index (κ1) is 16.5. The third-order valence-electron chi connectivity index (χ3n) is 3.82. The first-order valence-corrected chi connectivity index (χ1v) is 8.82. The van der Waals surface area contributed by atoms with Gasteiger partial charge in [-0.15, -0.1) is 0 Å². The molecule has 3 rings (SSSR count). The minimum atomic E-state index is -3.97. The van der Waals surface area contributed by atoms with E-state index < -0.39 is 27.7 Å². The predicted molar refractivity (Wildman–Crippen MR) is 89.0 cm³/mol. The molecule has 124 valence electrons. The van der Waals surface area contributed by atoms with Crippen LogP contribution in [-0.2, 0) is 10.0 Å². The van der Waals surface area contributed by atoms with Crippen LogP contribution in [-0.4, -0.2) is 8.42 Å². The van der Waals surface area contributed by atoms with Gasteiger partial charge in [0, 0.05) is 6.04 Å². The monoisotopic (exact) mass is 347 g/mol. The Morgan fingerprint density at radius 3 is 2.38 bits per heavy atom. The van der Waals surface area contributed by atoms with Crippen molar-refractivity contribution in [2.45, 2.75) is 17.9 Å². The molecule has 1 N–H and O–H groups in total. The van der Waals surface area contributed by atoms with E-state index in [0.717, 1.165) is 28.5 Å². The van der Waals surface area contributed by atoms with Gasteiger partial charge in [0.1, 0.15) is 0 Å². The van der Waals surface area contributed by atoms with Crippen molar-refractivity contribution >= 4 is 20.8 Å². The van der Waals surface area contributed by atoms with E-state index in [1.54, 1.807) is 6.92 Å². The summed E-state index contributed by atoms with van der Waals surface area (Å²) in [6, 6.07) is 15.2. The molecule has 0 saturated heterocycles. The topological polar surface area (TPSA) is 46.2 Å². The molecule has 6 heteroatoms. The maximum absolute atomic E-state index is 13.3. The fourth-order valence-electron chi connectivity index (χ4n) is 2.64. The van der Waals surface area contributed by atoms with Crippen LogP contribution in [0.15, 0.2) is 65.6 Å². The molecule has 0 amide bonds. The maximum atomic E-state index is 13.3. The summed E-state index contributed by atoms with van der Waals surface area (Å²) in [6.45, 7) is 1.71. The zero-order valence-corrected chi connectivity index (χ0v) is 13.6. The highest BCUT2D eigenvalue weighted by molar-refractivity contribution is 7.89. The second kappa shape index (κ2) is 6.30. The van der Waals surface area contributed by atoms with E-state index in [4.69, 9.17) is 0 Å². The van der Waals surface area contributed by atoms with Gasteiger partial charge < -0.3 is 0 Å². The van der Waals surface area contributed by atoms with Gasteiger partial charge in [0.05, 0.1) is 4.90 Å². The van der Waals surface area contributed by atoms with Crippen LogP contribution >= 0.6 is 0 Å². The van der Waals surface area contributed by atoms with Gasteiger partial charge >= 0.3 is 0 Å². The quantitative estimate of drug-likeness (QED) is 0.770. The Labute approximate surface area is 139 Å². The van der Waals surface area contributed by atoms with E-state index in [9.17, 15) is 17.2 Å². The van der Waals surface area contributed by atoms with Crippen LogP contribution in [0.2, 0.25) is 0 Å². The Hall–Kier alpha value is -2.31. The lowest BCUT2D eigenvalue weighted by molar-refractivity contribution is 0.503. The van der Waals surface area contributed by atoms with E-state index in [1.807, 2.05) is 42.5 Å². The molecule has 0 heterocycles. The van der Waals surface area contributed by atoms with Gasteiger partial charge in [0.25, 0.3) is 0 Å². The molecule has 0 aliphatic heterocycles. The number of fused-ring (bicyclic) bond motifs is 1. The molecular formula is C18H15F2NO2S. The lowest BCUT2D eigenvalue weighted by Gasteiger charge is -2.17. The number of benzene rings is 3. The molecule has 0 spiro atoms. The molecular weight excluding hydrogens is 332 g/mol. The van der Waals surface area contributed by atoms with Gasteiger partial charge in [-0.1, -0.05) is 42.5 Å². The van der Waals surface area contributed by atoms with Crippen molar-refractivity contribution in [3.8, 4) is 0 Å². The number of hydrogen-bond donors (Lipinski definition) is 1. The predicted octanol–water partition coefficient (Wildman–Crippen LogP) is 4.16. The van der Waals surface area contributed by atoms with Gasteiger partial charge in [-0.25, -0.2) is 21.9 Å². The number of rotatable bonds is 4.